The fourth-order valence-electron chi connectivity index (χ4n) is 2.85. The lowest BCUT2D eigenvalue weighted by Crippen LogP contribution is -2.29. The van der Waals surface area contributed by atoms with E-state index in [1.807, 2.05) is 6.92 Å². The number of aryl methyl sites for hydroxylation is 1. The normalized spacial score (nSPS) is 10.2. The highest BCUT2D eigenvalue weighted by Gasteiger charge is 2.09. The monoisotopic (exact) mass is 420 g/mol. The van der Waals surface area contributed by atoms with E-state index < -0.39 is 12.1 Å². The smallest absolute Gasteiger partial charge is 0.319 e. The fraction of sp³-hybridized carbons (Fsp3) is 0.130. The number of benzene rings is 3. The first-order valence-corrected chi connectivity index (χ1v) is 9.66. The van der Waals surface area contributed by atoms with E-state index in [0.29, 0.717) is 22.5 Å². The van der Waals surface area contributed by atoms with E-state index in [9.17, 15) is 19.8 Å². The first kappa shape index (κ1) is 21.5. The summed E-state index contributed by atoms with van der Waals surface area (Å²) in [5.41, 5.74) is 3.05. The van der Waals surface area contributed by atoms with Crippen LogP contribution in [0.25, 0.3) is 0 Å². The highest BCUT2D eigenvalue weighted by molar-refractivity contribution is 5.93. The Morgan fingerprint density at radius 2 is 1.26 bits per heavy atom. The number of rotatable bonds is 6. The molecule has 0 heterocycles. The molecule has 0 fully saturated rings. The molecule has 0 saturated carbocycles. The maximum atomic E-state index is 12.2. The summed E-state index contributed by atoms with van der Waals surface area (Å²) in [5.74, 6) is 0.222. The second kappa shape index (κ2) is 10.0. The number of carbonyl (C=O) groups excluding carboxylic acids is 2. The minimum absolute atomic E-state index is 0.111. The van der Waals surface area contributed by atoms with Gasteiger partial charge in [-0.1, -0.05) is 42.5 Å². The van der Waals surface area contributed by atoms with Gasteiger partial charge in [0.2, 0.25) is 0 Å². The molecule has 0 aliphatic carbocycles. The zero-order valence-corrected chi connectivity index (χ0v) is 17.0. The lowest BCUT2D eigenvalue weighted by atomic mass is 10.2. The number of amides is 4. The third kappa shape index (κ3) is 6.14. The molecule has 0 aromatic heterocycles. The van der Waals surface area contributed by atoms with Gasteiger partial charge in [0.15, 0.2) is 0 Å². The van der Waals surface area contributed by atoms with Crippen LogP contribution in [-0.4, -0.2) is 22.3 Å². The van der Waals surface area contributed by atoms with E-state index in [1.54, 1.807) is 66.7 Å². The van der Waals surface area contributed by atoms with E-state index in [1.165, 1.54) is 0 Å². The Morgan fingerprint density at radius 3 is 1.81 bits per heavy atom. The van der Waals surface area contributed by atoms with Crippen molar-refractivity contribution in [1.82, 2.24) is 10.6 Å². The minimum Gasteiger partial charge on any atom is -0.508 e. The molecule has 8 nitrogen and oxygen atoms in total. The molecule has 4 amide bonds. The van der Waals surface area contributed by atoms with Gasteiger partial charge >= 0.3 is 12.1 Å². The van der Waals surface area contributed by atoms with E-state index in [-0.39, 0.29) is 24.6 Å². The van der Waals surface area contributed by atoms with Gasteiger partial charge in [-0.05, 0) is 36.8 Å². The average molecular weight is 420 g/mol. The van der Waals surface area contributed by atoms with Gasteiger partial charge in [0, 0.05) is 35.6 Å². The van der Waals surface area contributed by atoms with Gasteiger partial charge in [-0.15, -0.1) is 0 Å². The van der Waals surface area contributed by atoms with Gasteiger partial charge in [0.1, 0.15) is 11.5 Å². The minimum atomic E-state index is -0.443. The van der Waals surface area contributed by atoms with Crippen LogP contribution < -0.4 is 21.3 Å². The number of phenolic OH excluding ortho intramolecular Hbond substituents is 2. The van der Waals surface area contributed by atoms with E-state index in [4.69, 9.17) is 0 Å². The molecule has 0 aliphatic heterocycles. The van der Waals surface area contributed by atoms with Crippen molar-refractivity contribution in [2.24, 2.45) is 0 Å². The quantitative estimate of drug-likeness (QED) is 0.360. The van der Waals surface area contributed by atoms with Crippen molar-refractivity contribution in [3.63, 3.8) is 0 Å². The molecular weight excluding hydrogens is 396 g/mol. The molecule has 0 radical (unpaired) electrons. The van der Waals surface area contributed by atoms with Gasteiger partial charge in [-0.25, -0.2) is 9.59 Å². The highest BCUT2D eigenvalue weighted by atomic mass is 16.3. The fourth-order valence-corrected chi connectivity index (χ4v) is 2.85. The number of hydrogen-bond acceptors (Lipinski definition) is 4. The van der Waals surface area contributed by atoms with Gasteiger partial charge in [0.05, 0.1) is 0 Å². The number of anilines is 2. The number of para-hydroxylation sites is 2. The van der Waals surface area contributed by atoms with Crippen LogP contribution in [0.4, 0.5) is 21.0 Å². The van der Waals surface area contributed by atoms with Crippen LogP contribution in [0, 0.1) is 6.92 Å². The van der Waals surface area contributed by atoms with E-state index in [0.717, 1.165) is 5.56 Å². The molecule has 0 bridgehead atoms. The summed E-state index contributed by atoms with van der Waals surface area (Å²) in [6.07, 6.45) is 0. The molecule has 3 aromatic carbocycles. The maximum Gasteiger partial charge on any atom is 0.319 e. The van der Waals surface area contributed by atoms with Crippen molar-refractivity contribution in [2.75, 3.05) is 10.6 Å². The number of hydrogen-bond donors (Lipinski definition) is 6. The molecular formula is C23H24N4O4. The van der Waals surface area contributed by atoms with Crippen LogP contribution in [0.15, 0.2) is 66.7 Å². The van der Waals surface area contributed by atoms with E-state index in [2.05, 4.69) is 21.3 Å². The van der Waals surface area contributed by atoms with Crippen molar-refractivity contribution >= 4 is 23.4 Å². The zero-order valence-electron chi connectivity index (χ0n) is 17.0. The Hall–Kier alpha value is -4.20. The van der Waals surface area contributed by atoms with Gasteiger partial charge in [-0.3, -0.25) is 0 Å². The standard InChI is InChI=1S/C23H24N4O4/c1-15-10-11-18(26-22(30)24-13-16-6-2-4-8-20(16)28)12-19(15)27-23(31)25-14-17-7-3-5-9-21(17)29/h2-12,28-29H,13-14H2,1H3,(H2,24,26,30)(H2,25,27,31). The van der Waals surface area contributed by atoms with Crippen LogP contribution in [0.1, 0.15) is 16.7 Å². The molecule has 0 saturated heterocycles. The van der Waals surface area contributed by atoms with Crippen molar-refractivity contribution < 1.29 is 19.8 Å². The SMILES string of the molecule is Cc1ccc(NC(=O)NCc2ccccc2O)cc1NC(=O)NCc1ccccc1O. The van der Waals surface area contributed by atoms with Crippen LogP contribution in [0.2, 0.25) is 0 Å². The van der Waals surface area contributed by atoms with Crippen LogP contribution in [0.5, 0.6) is 11.5 Å². The molecule has 3 rings (SSSR count). The summed E-state index contributed by atoms with van der Waals surface area (Å²) in [6.45, 7) is 2.18. The second-order valence-electron chi connectivity index (χ2n) is 6.90. The summed E-state index contributed by atoms with van der Waals surface area (Å²) in [6, 6.07) is 17.8. The molecule has 0 atom stereocenters. The summed E-state index contributed by atoms with van der Waals surface area (Å²) >= 11 is 0. The average Bonchev–Trinajstić information content (AvgIpc) is 2.75. The molecule has 3 aromatic rings. The predicted octanol–water partition coefficient (Wildman–Crippen LogP) is 4.05. The highest BCUT2D eigenvalue weighted by Crippen LogP contribution is 2.21. The molecule has 160 valence electrons. The Balaban J connectivity index is 1.55. The number of urea groups is 2. The summed E-state index contributed by atoms with van der Waals surface area (Å²) in [7, 11) is 0. The Morgan fingerprint density at radius 1 is 0.742 bits per heavy atom. The number of phenols is 2. The number of carbonyl (C=O) groups is 2. The van der Waals surface area contributed by atoms with Crippen LogP contribution in [0.3, 0.4) is 0 Å². The molecule has 0 unspecified atom stereocenters. The molecule has 0 spiro atoms. The van der Waals surface area contributed by atoms with E-state index >= 15 is 0 Å². The maximum absolute atomic E-state index is 12.2. The van der Waals surface area contributed by atoms with Crippen LogP contribution >= 0.6 is 0 Å². The Bertz CT molecular complexity index is 1080. The zero-order chi connectivity index (χ0) is 22.2. The Kier molecular flexibility index (Phi) is 6.95. The van der Waals surface area contributed by atoms with Gasteiger partial charge < -0.3 is 31.5 Å². The number of nitrogens with one attached hydrogen (secondary N) is 4. The largest absolute Gasteiger partial charge is 0.508 e. The van der Waals surface area contributed by atoms with Gasteiger partial charge in [-0.2, -0.15) is 0 Å². The molecule has 31 heavy (non-hydrogen) atoms. The Labute approximate surface area is 179 Å². The summed E-state index contributed by atoms with van der Waals surface area (Å²) in [4.78, 5) is 24.4. The second-order valence-corrected chi connectivity index (χ2v) is 6.90. The molecule has 6 N–H and O–H groups in total. The third-order valence-corrected chi connectivity index (χ3v) is 4.61. The topological polar surface area (TPSA) is 123 Å². The molecule has 8 heteroatoms. The summed E-state index contributed by atoms with van der Waals surface area (Å²) in [5, 5.41) is 30.3. The first-order chi connectivity index (χ1) is 14.9. The first-order valence-electron chi connectivity index (χ1n) is 9.66. The lowest BCUT2D eigenvalue weighted by molar-refractivity contribution is 0.251. The van der Waals surface area contributed by atoms with Gasteiger partial charge in [0.25, 0.3) is 0 Å². The molecule has 0 aliphatic rings. The number of aromatic hydroxyl groups is 2. The third-order valence-electron chi connectivity index (χ3n) is 4.61. The van der Waals surface area contributed by atoms with Crippen molar-refractivity contribution in [1.29, 1.82) is 0 Å². The predicted molar refractivity (Wildman–Crippen MR) is 119 cm³/mol. The van der Waals surface area contributed by atoms with Crippen molar-refractivity contribution in [3.8, 4) is 11.5 Å². The van der Waals surface area contributed by atoms with Crippen molar-refractivity contribution in [2.45, 2.75) is 20.0 Å². The van der Waals surface area contributed by atoms with Crippen LogP contribution in [-0.2, 0) is 13.1 Å². The van der Waals surface area contributed by atoms with Crippen molar-refractivity contribution in [3.05, 3.63) is 83.4 Å². The summed E-state index contributed by atoms with van der Waals surface area (Å²) < 4.78 is 0. The lowest BCUT2D eigenvalue weighted by Gasteiger charge is -2.13.